The van der Waals surface area contributed by atoms with Crippen molar-refractivity contribution in [2.24, 2.45) is 0 Å². The highest BCUT2D eigenvalue weighted by molar-refractivity contribution is 6.11. The summed E-state index contributed by atoms with van der Waals surface area (Å²) in [5.74, 6) is 0.911. The van der Waals surface area contributed by atoms with Gasteiger partial charge in [-0.3, -0.25) is 0 Å². The summed E-state index contributed by atoms with van der Waals surface area (Å²) in [6.07, 6.45) is 9.01. The number of aromatic nitrogens is 1. The van der Waals surface area contributed by atoms with Crippen LogP contribution in [0.15, 0.2) is 298 Å². The zero-order valence-corrected chi connectivity index (χ0v) is 51.7. The van der Waals surface area contributed by atoms with Gasteiger partial charge in [-0.2, -0.15) is 0 Å². The molecular formula is C87H74N2O. The molecular weight excluding hydrogens is 1090 g/mol. The maximum absolute atomic E-state index is 6.32. The summed E-state index contributed by atoms with van der Waals surface area (Å²) in [7, 11) is 0. The normalized spacial score (nSPS) is 13.5. The van der Waals surface area contributed by atoms with E-state index in [-0.39, 0.29) is 10.8 Å². The van der Waals surface area contributed by atoms with E-state index in [2.05, 4.69) is 329 Å². The van der Waals surface area contributed by atoms with Gasteiger partial charge in [0.1, 0.15) is 5.75 Å². The molecule has 1 aromatic heterocycles. The topological polar surface area (TPSA) is 17.4 Å². The maximum atomic E-state index is 6.32. The number of nitrogens with zero attached hydrogens (tertiary/aromatic N) is 2. The van der Waals surface area contributed by atoms with Gasteiger partial charge in [-0.05, 0) is 192 Å². The lowest BCUT2D eigenvalue weighted by atomic mass is 9.69. The van der Waals surface area contributed by atoms with Gasteiger partial charge >= 0.3 is 0 Å². The van der Waals surface area contributed by atoms with Gasteiger partial charge in [0.2, 0.25) is 0 Å². The summed E-state index contributed by atoms with van der Waals surface area (Å²) in [5.41, 5.74) is 26.2. The highest BCUT2D eigenvalue weighted by atomic mass is 16.5. The standard InChI is InChI=1S/C87H74N2O/c1-6-61-26-30-63(31-27-61)66-40-51-77(52-41-66)90-57-19-9-8-18-56-87(72-20-12-10-13-21-72)82-25-17-16-24-78(82)79-53-50-76(60-83(79)87)88(74-46-36-65(37-47-74)64-34-44-71(45-35-64)86(3,4)5)75-48-38-68(39-49-75)70-43-55-85-81(59-70)80-58-69(67-32-28-62(7-2)29-33-67)42-54-84(80)89(85)73-22-14-11-15-23-73/h6-7,10-17,20-55,58-60H,1-2,8-9,18-19,56-57H2,3-5H3. The first-order chi connectivity index (χ1) is 44.1. The first kappa shape index (κ1) is 57.3. The second-order valence-electron chi connectivity index (χ2n) is 25.1. The molecule has 1 unspecified atom stereocenters. The van der Waals surface area contributed by atoms with E-state index >= 15 is 0 Å². The fourth-order valence-corrected chi connectivity index (χ4v) is 13.8. The molecule has 0 saturated carbocycles. The Hall–Kier alpha value is -10.5. The number of benzene rings is 12. The molecule has 90 heavy (non-hydrogen) atoms. The van der Waals surface area contributed by atoms with E-state index in [9.17, 15) is 0 Å². The van der Waals surface area contributed by atoms with Crippen molar-refractivity contribution in [2.75, 3.05) is 11.5 Å². The Morgan fingerprint density at radius 1 is 0.400 bits per heavy atom. The van der Waals surface area contributed by atoms with Gasteiger partial charge in [0.05, 0.1) is 17.6 Å². The molecule has 3 heteroatoms. The molecule has 14 rings (SSSR count). The van der Waals surface area contributed by atoms with Crippen LogP contribution >= 0.6 is 0 Å². The van der Waals surface area contributed by atoms with Gasteiger partial charge in [0.25, 0.3) is 0 Å². The fourth-order valence-electron chi connectivity index (χ4n) is 13.8. The predicted octanol–water partition coefficient (Wildman–Crippen LogP) is 23.8. The number of hydrogen-bond donors (Lipinski definition) is 0. The van der Waals surface area contributed by atoms with Crippen molar-refractivity contribution in [1.82, 2.24) is 4.57 Å². The molecule has 0 N–H and O–H groups in total. The number of rotatable bonds is 19. The summed E-state index contributed by atoms with van der Waals surface area (Å²) in [4.78, 5) is 2.46. The van der Waals surface area contributed by atoms with Crippen molar-refractivity contribution in [2.45, 2.75) is 63.7 Å². The molecule has 0 aliphatic heterocycles. The highest BCUT2D eigenvalue weighted by Gasteiger charge is 2.44. The molecule has 438 valence electrons. The average Bonchev–Trinajstić information content (AvgIpc) is 1.57. The summed E-state index contributed by atoms with van der Waals surface area (Å²) in [5, 5.41) is 2.44. The lowest BCUT2D eigenvalue weighted by molar-refractivity contribution is 0.304. The SMILES string of the molecule is C=Cc1ccc(-c2ccc(OCCCCCCC3(c4ccccc4)c4ccccc4-c4ccc(N(c5ccc(-c6ccc(C(C)(C)C)cc6)cc5)c5ccc(-c6ccc7c(c6)c6cc(-c8ccc(C=C)cc8)ccc6n7-c6ccccc6)cc5)cc43)cc2)cc1. The predicted molar refractivity (Wildman–Crippen MR) is 383 cm³/mol. The minimum absolute atomic E-state index is 0.0808. The maximum Gasteiger partial charge on any atom is 0.119 e. The molecule has 0 spiro atoms. The minimum Gasteiger partial charge on any atom is -0.494 e. The van der Waals surface area contributed by atoms with E-state index in [0.29, 0.717) is 6.61 Å². The number of hydrogen-bond acceptors (Lipinski definition) is 2. The first-order valence-electron chi connectivity index (χ1n) is 31.9. The second-order valence-corrected chi connectivity index (χ2v) is 25.1. The molecule has 1 aliphatic carbocycles. The monoisotopic (exact) mass is 1160 g/mol. The number of ether oxygens (including phenoxy) is 1. The molecule has 1 atom stereocenters. The molecule has 0 fully saturated rings. The molecule has 0 bridgehead atoms. The van der Waals surface area contributed by atoms with Crippen LogP contribution in [-0.4, -0.2) is 11.2 Å². The molecule has 1 heterocycles. The van der Waals surface area contributed by atoms with Gasteiger partial charge in [0, 0.05) is 38.9 Å². The summed E-state index contributed by atoms with van der Waals surface area (Å²) in [6.45, 7) is 15.4. The van der Waals surface area contributed by atoms with Crippen molar-refractivity contribution >= 4 is 51.0 Å². The summed E-state index contributed by atoms with van der Waals surface area (Å²) < 4.78 is 8.72. The Morgan fingerprint density at radius 3 is 1.39 bits per heavy atom. The molecule has 12 aromatic carbocycles. The smallest absolute Gasteiger partial charge is 0.119 e. The highest BCUT2D eigenvalue weighted by Crippen LogP contribution is 2.56. The van der Waals surface area contributed by atoms with Gasteiger partial charge in [0.15, 0.2) is 0 Å². The molecule has 0 saturated heterocycles. The van der Waals surface area contributed by atoms with Gasteiger partial charge in [-0.15, -0.1) is 0 Å². The Labute approximate surface area is 531 Å². The van der Waals surface area contributed by atoms with Crippen molar-refractivity contribution in [3.63, 3.8) is 0 Å². The van der Waals surface area contributed by atoms with Crippen LogP contribution in [0.1, 0.15) is 86.3 Å². The van der Waals surface area contributed by atoms with E-state index in [1.165, 1.54) is 94.1 Å². The van der Waals surface area contributed by atoms with E-state index < -0.39 is 0 Å². The average molecular weight is 1160 g/mol. The van der Waals surface area contributed by atoms with Gasteiger partial charge in [-0.25, -0.2) is 0 Å². The zero-order chi connectivity index (χ0) is 61.2. The van der Waals surface area contributed by atoms with Crippen LogP contribution < -0.4 is 9.64 Å². The van der Waals surface area contributed by atoms with E-state index in [0.717, 1.165) is 77.3 Å². The molecule has 0 amide bonds. The largest absolute Gasteiger partial charge is 0.494 e. The lowest BCUT2D eigenvalue weighted by Gasteiger charge is -2.34. The Bertz CT molecular complexity index is 4690. The van der Waals surface area contributed by atoms with Crippen LogP contribution in [0, 0.1) is 0 Å². The van der Waals surface area contributed by atoms with Crippen molar-refractivity contribution in [1.29, 1.82) is 0 Å². The van der Waals surface area contributed by atoms with Crippen LogP contribution in [-0.2, 0) is 10.8 Å². The third-order valence-electron chi connectivity index (χ3n) is 18.6. The van der Waals surface area contributed by atoms with Crippen molar-refractivity contribution < 1.29 is 4.74 Å². The number of unbranched alkanes of at least 4 members (excludes halogenated alkanes) is 3. The Balaban J connectivity index is 0.800. The van der Waals surface area contributed by atoms with Gasteiger partial charge < -0.3 is 14.2 Å². The van der Waals surface area contributed by atoms with Gasteiger partial charge in [-0.1, -0.05) is 266 Å². The molecule has 1 aliphatic rings. The number of anilines is 3. The summed E-state index contributed by atoms with van der Waals surface area (Å²) in [6, 6.07) is 105. The Morgan fingerprint density at radius 2 is 0.844 bits per heavy atom. The molecule has 3 nitrogen and oxygen atoms in total. The van der Waals surface area contributed by atoms with Crippen LogP contribution in [0.2, 0.25) is 0 Å². The number of para-hydroxylation sites is 1. The van der Waals surface area contributed by atoms with Crippen LogP contribution in [0.4, 0.5) is 17.1 Å². The van der Waals surface area contributed by atoms with Crippen LogP contribution in [0.25, 0.3) is 95.3 Å². The van der Waals surface area contributed by atoms with Crippen molar-refractivity contribution in [3.05, 3.63) is 332 Å². The summed E-state index contributed by atoms with van der Waals surface area (Å²) >= 11 is 0. The lowest BCUT2D eigenvalue weighted by Crippen LogP contribution is -2.27. The second kappa shape index (κ2) is 24.6. The van der Waals surface area contributed by atoms with E-state index in [4.69, 9.17) is 4.74 Å². The van der Waals surface area contributed by atoms with Crippen LogP contribution in [0.3, 0.4) is 0 Å². The number of fused-ring (bicyclic) bond motifs is 6. The van der Waals surface area contributed by atoms with E-state index in [1.807, 2.05) is 12.2 Å². The molecule has 0 radical (unpaired) electrons. The fraction of sp³-hybridized carbons (Fsp3) is 0.126. The van der Waals surface area contributed by atoms with Crippen LogP contribution in [0.5, 0.6) is 5.75 Å². The molecule has 13 aromatic rings. The zero-order valence-electron chi connectivity index (χ0n) is 51.7. The van der Waals surface area contributed by atoms with E-state index in [1.54, 1.807) is 0 Å². The minimum atomic E-state index is -0.356. The third-order valence-corrected chi connectivity index (χ3v) is 18.6. The Kier molecular flexibility index (Phi) is 15.6. The third kappa shape index (κ3) is 11.1. The van der Waals surface area contributed by atoms with Crippen molar-refractivity contribution in [3.8, 4) is 67.1 Å². The quantitative estimate of drug-likeness (QED) is 0.0751. The first-order valence-corrected chi connectivity index (χ1v) is 31.9.